The molecule has 0 unspecified atom stereocenters. The first kappa shape index (κ1) is 20.0. The molecule has 138 valence electrons. The fraction of sp³-hybridized carbons (Fsp3) is 0.176. The van der Waals surface area contributed by atoms with Crippen molar-refractivity contribution in [1.82, 2.24) is 4.31 Å². The van der Waals surface area contributed by atoms with E-state index in [2.05, 4.69) is 0 Å². The standard InChI is InChI=1S/C17H15ClFNO5S/c1-20(2)26(23,24)13-7-8-15(18)14(9-13)17(22)25-10-16(21)11-3-5-12(19)6-4-11/h3-9H,10H2,1-2H3. The number of ketones is 1. The van der Waals surface area contributed by atoms with Gasteiger partial charge in [-0.15, -0.1) is 0 Å². The van der Waals surface area contributed by atoms with Crippen molar-refractivity contribution < 1.29 is 27.1 Å². The maximum atomic E-state index is 12.9. The number of Topliss-reactive ketones (excluding diaryl/α,β-unsaturated/α-hetero) is 1. The van der Waals surface area contributed by atoms with E-state index >= 15 is 0 Å². The average molecular weight is 400 g/mol. The molecule has 0 heterocycles. The molecule has 0 atom stereocenters. The molecular weight excluding hydrogens is 385 g/mol. The van der Waals surface area contributed by atoms with Crippen LogP contribution < -0.4 is 0 Å². The number of hydrogen-bond acceptors (Lipinski definition) is 5. The summed E-state index contributed by atoms with van der Waals surface area (Å²) in [6.07, 6.45) is 0. The molecule has 0 aliphatic carbocycles. The van der Waals surface area contributed by atoms with Crippen molar-refractivity contribution in [2.24, 2.45) is 0 Å². The van der Waals surface area contributed by atoms with Crippen LogP contribution in [0.1, 0.15) is 20.7 Å². The summed E-state index contributed by atoms with van der Waals surface area (Å²) in [6.45, 7) is -0.592. The Kier molecular flexibility index (Phi) is 6.12. The van der Waals surface area contributed by atoms with E-state index in [4.69, 9.17) is 16.3 Å². The zero-order valence-corrected chi connectivity index (χ0v) is 15.5. The molecule has 0 radical (unpaired) electrons. The van der Waals surface area contributed by atoms with Crippen LogP contribution in [0.5, 0.6) is 0 Å². The van der Waals surface area contributed by atoms with Gasteiger partial charge in [-0.3, -0.25) is 4.79 Å². The summed E-state index contributed by atoms with van der Waals surface area (Å²) in [5.41, 5.74) is -0.00395. The first-order valence-corrected chi connectivity index (χ1v) is 9.12. The fourth-order valence-corrected chi connectivity index (χ4v) is 3.08. The van der Waals surface area contributed by atoms with Gasteiger partial charge >= 0.3 is 5.97 Å². The summed E-state index contributed by atoms with van der Waals surface area (Å²) >= 11 is 5.93. The van der Waals surface area contributed by atoms with E-state index in [9.17, 15) is 22.4 Å². The van der Waals surface area contributed by atoms with Crippen molar-refractivity contribution in [3.8, 4) is 0 Å². The summed E-state index contributed by atoms with van der Waals surface area (Å²) in [5, 5.41) is -0.0121. The molecule has 0 aliphatic rings. The molecule has 2 rings (SSSR count). The van der Waals surface area contributed by atoms with Crippen molar-refractivity contribution in [2.75, 3.05) is 20.7 Å². The summed E-state index contributed by atoms with van der Waals surface area (Å²) in [7, 11) is -1.06. The van der Waals surface area contributed by atoms with E-state index in [1.807, 2.05) is 0 Å². The number of rotatable bonds is 6. The summed E-state index contributed by atoms with van der Waals surface area (Å²) in [4.78, 5) is 24.0. The lowest BCUT2D eigenvalue weighted by Gasteiger charge is -2.13. The highest BCUT2D eigenvalue weighted by molar-refractivity contribution is 7.89. The molecule has 2 aromatic carbocycles. The van der Waals surface area contributed by atoms with Crippen molar-refractivity contribution >= 4 is 33.4 Å². The number of esters is 1. The predicted octanol–water partition coefficient (Wildman–Crippen LogP) is 2.77. The highest BCUT2D eigenvalue weighted by Gasteiger charge is 2.22. The molecule has 0 aromatic heterocycles. The smallest absolute Gasteiger partial charge is 0.340 e. The Morgan fingerprint density at radius 1 is 1.12 bits per heavy atom. The Balaban J connectivity index is 2.17. The number of hydrogen-bond donors (Lipinski definition) is 0. The van der Waals surface area contributed by atoms with Gasteiger partial charge in [-0.05, 0) is 42.5 Å². The summed E-state index contributed by atoms with van der Waals surface area (Å²) in [5.74, 6) is -1.97. The molecule has 0 N–H and O–H groups in total. The van der Waals surface area contributed by atoms with Crippen molar-refractivity contribution in [3.63, 3.8) is 0 Å². The molecular formula is C17H15ClFNO5S. The molecule has 0 fully saturated rings. The topological polar surface area (TPSA) is 80.8 Å². The third kappa shape index (κ3) is 4.46. The van der Waals surface area contributed by atoms with Crippen LogP contribution in [0, 0.1) is 5.82 Å². The van der Waals surface area contributed by atoms with Gasteiger partial charge in [0, 0.05) is 19.7 Å². The second-order valence-corrected chi connectivity index (χ2v) is 7.99. The minimum absolute atomic E-state index is 0.0121. The maximum Gasteiger partial charge on any atom is 0.340 e. The van der Waals surface area contributed by atoms with Gasteiger partial charge in [-0.1, -0.05) is 11.6 Å². The molecule has 0 amide bonds. The molecule has 0 saturated heterocycles. The monoisotopic (exact) mass is 399 g/mol. The first-order valence-electron chi connectivity index (χ1n) is 7.31. The van der Waals surface area contributed by atoms with E-state index in [1.165, 1.54) is 38.4 Å². The zero-order valence-electron chi connectivity index (χ0n) is 13.9. The van der Waals surface area contributed by atoms with Gasteiger partial charge in [-0.2, -0.15) is 0 Å². The largest absolute Gasteiger partial charge is 0.454 e. The van der Waals surface area contributed by atoms with Gasteiger partial charge in [0.25, 0.3) is 0 Å². The predicted molar refractivity (Wildman–Crippen MR) is 93.3 cm³/mol. The number of sulfonamides is 1. The second-order valence-electron chi connectivity index (χ2n) is 5.44. The highest BCUT2D eigenvalue weighted by atomic mass is 35.5. The summed E-state index contributed by atoms with van der Waals surface area (Å²) in [6, 6.07) is 8.37. The Morgan fingerprint density at radius 2 is 1.73 bits per heavy atom. The van der Waals surface area contributed by atoms with Crippen molar-refractivity contribution in [3.05, 3.63) is 64.4 Å². The van der Waals surface area contributed by atoms with Gasteiger partial charge in [0.1, 0.15) is 5.82 Å². The third-order valence-electron chi connectivity index (χ3n) is 3.44. The first-order chi connectivity index (χ1) is 12.1. The van der Waals surface area contributed by atoms with Crippen LogP contribution >= 0.6 is 11.6 Å². The van der Waals surface area contributed by atoms with E-state index in [0.29, 0.717) is 0 Å². The minimum Gasteiger partial charge on any atom is -0.454 e. The average Bonchev–Trinajstić information content (AvgIpc) is 2.60. The van der Waals surface area contributed by atoms with Crippen molar-refractivity contribution in [2.45, 2.75) is 4.90 Å². The van der Waals surface area contributed by atoms with Gasteiger partial charge in [-0.25, -0.2) is 21.9 Å². The Labute approximate surface area is 155 Å². The minimum atomic E-state index is -3.76. The number of halogens is 2. The normalized spacial score (nSPS) is 11.4. The van der Waals surface area contributed by atoms with E-state index in [-0.39, 0.29) is 21.0 Å². The SMILES string of the molecule is CN(C)S(=O)(=O)c1ccc(Cl)c(C(=O)OCC(=O)c2ccc(F)cc2)c1. The Bertz CT molecular complexity index is 942. The van der Waals surface area contributed by atoms with E-state index in [0.717, 1.165) is 22.5 Å². The fourth-order valence-electron chi connectivity index (χ4n) is 1.96. The summed E-state index contributed by atoms with van der Waals surface area (Å²) < 4.78 is 43.0. The van der Waals surface area contributed by atoms with Crippen LogP contribution in [0.4, 0.5) is 4.39 Å². The van der Waals surface area contributed by atoms with Crippen LogP contribution in [0.3, 0.4) is 0 Å². The number of benzene rings is 2. The molecule has 26 heavy (non-hydrogen) atoms. The van der Waals surface area contributed by atoms with E-state index in [1.54, 1.807) is 0 Å². The van der Waals surface area contributed by atoms with Crippen LogP contribution in [-0.2, 0) is 14.8 Å². The van der Waals surface area contributed by atoms with Crippen molar-refractivity contribution in [1.29, 1.82) is 0 Å². The second kappa shape index (κ2) is 7.94. The molecule has 0 spiro atoms. The van der Waals surface area contributed by atoms with Gasteiger partial charge < -0.3 is 4.74 Å². The number of carbonyl (C=O) groups excluding carboxylic acids is 2. The molecule has 6 nitrogen and oxygen atoms in total. The van der Waals surface area contributed by atoms with Gasteiger partial charge in [0.05, 0.1) is 15.5 Å². The van der Waals surface area contributed by atoms with Crippen LogP contribution in [0.25, 0.3) is 0 Å². The quantitative estimate of drug-likeness (QED) is 0.551. The Morgan fingerprint density at radius 3 is 2.31 bits per heavy atom. The van der Waals surface area contributed by atoms with Gasteiger partial charge in [0.15, 0.2) is 12.4 Å². The van der Waals surface area contributed by atoms with Gasteiger partial charge in [0.2, 0.25) is 10.0 Å². The lowest BCUT2D eigenvalue weighted by molar-refractivity contribution is 0.0474. The molecule has 0 bridgehead atoms. The maximum absolute atomic E-state index is 12.9. The zero-order chi connectivity index (χ0) is 19.5. The lowest BCUT2D eigenvalue weighted by atomic mass is 10.1. The molecule has 0 saturated carbocycles. The van der Waals surface area contributed by atoms with Crippen LogP contribution in [0.15, 0.2) is 47.4 Å². The number of carbonyl (C=O) groups is 2. The molecule has 2 aromatic rings. The van der Waals surface area contributed by atoms with E-state index < -0.39 is 34.2 Å². The lowest BCUT2D eigenvalue weighted by Crippen LogP contribution is -2.22. The molecule has 9 heteroatoms. The van der Waals surface area contributed by atoms with Crippen LogP contribution in [0.2, 0.25) is 5.02 Å². The number of ether oxygens (including phenoxy) is 1. The number of nitrogens with zero attached hydrogens (tertiary/aromatic N) is 1. The van der Waals surface area contributed by atoms with Crippen LogP contribution in [-0.4, -0.2) is 45.2 Å². The Hall–Kier alpha value is -2.29. The third-order valence-corrected chi connectivity index (χ3v) is 5.58. The molecule has 0 aliphatic heterocycles. The highest BCUT2D eigenvalue weighted by Crippen LogP contribution is 2.23.